The summed E-state index contributed by atoms with van der Waals surface area (Å²) in [5.74, 6) is -1.42. The van der Waals surface area contributed by atoms with Gasteiger partial charge in [-0.25, -0.2) is 13.6 Å². The van der Waals surface area contributed by atoms with Gasteiger partial charge in [0.05, 0.1) is 7.11 Å². The van der Waals surface area contributed by atoms with E-state index in [-0.39, 0.29) is 19.0 Å². The number of carbonyl (C=O) groups excluding carboxylic acids is 2. The Hall–Kier alpha value is -3.16. The molecule has 0 aliphatic rings. The van der Waals surface area contributed by atoms with Gasteiger partial charge in [-0.1, -0.05) is 6.07 Å². The van der Waals surface area contributed by atoms with E-state index in [1.807, 2.05) is 0 Å². The van der Waals surface area contributed by atoms with Crippen molar-refractivity contribution in [2.24, 2.45) is 0 Å². The largest absolute Gasteiger partial charge is 0.497 e. The molecule has 0 unspecified atom stereocenters. The van der Waals surface area contributed by atoms with Crippen molar-refractivity contribution in [3.8, 4) is 5.75 Å². The second kappa shape index (κ2) is 8.62. The summed E-state index contributed by atoms with van der Waals surface area (Å²) in [6.45, 7) is 0.238. The molecule has 132 valence electrons. The van der Waals surface area contributed by atoms with Crippen LogP contribution in [0.2, 0.25) is 0 Å². The molecular weight excluding hydrogens is 332 g/mol. The van der Waals surface area contributed by atoms with E-state index >= 15 is 0 Å². The van der Waals surface area contributed by atoms with Crippen molar-refractivity contribution in [3.63, 3.8) is 0 Å². The maximum absolute atomic E-state index is 13.4. The Morgan fingerprint density at radius 2 is 1.56 bits per heavy atom. The highest BCUT2D eigenvalue weighted by Crippen LogP contribution is 2.17. The number of para-hydroxylation sites is 1. The molecule has 3 N–H and O–H groups in total. The van der Waals surface area contributed by atoms with Crippen molar-refractivity contribution in [1.29, 1.82) is 0 Å². The zero-order chi connectivity index (χ0) is 18.2. The fraction of sp³-hybridized carbons (Fsp3) is 0.176. The molecule has 6 nitrogen and oxygen atoms in total. The summed E-state index contributed by atoms with van der Waals surface area (Å²) in [4.78, 5) is 23.5. The van der Waals surface area contributed by atoms with Crippen LogP contribution in [0.5, 0.6) is 5.75 Å². The van der Waals surface area contributed by atoms with Gasteiger partial charge in [-0.05, 0) is 36.4 Å². The molecule has 8 heteroatoms. The van der Waals surface area contributed by atoms with Crippen LogP contribution in [0.1, 0.15) is 10.4 Å². The van der Waals surface area contributed by atoms with E-state index < -0.39 is 23.4 Å². The van der Waals surface area contributed by atoms with E-state index in [2.05, 4.69) is 16.0 Å². The van der Waals surface area contributed by atoms with Crippen LogP contribution in [0, 0.1) is 11.6 Å². The first-order valence-electron chi connectivity index (χ1n) is 7.42. The number of benzene rings is 2. The van der Waals surface area contributed by atoms with Gasteiger partial charge in [0.25, 0.3) is 5.91 Å². The topological polar surface area (TPSA) is 79.5 Å². The van der Waals surface area contributed by atoms with Crippen LogP contribution in [0.15, 0.2) is 42.5 Å². The molecule has 0 bridgehead atoms. The van der Waals surface area contributed by atoms with E-state index in [9.17, 15) is 18.4 Å². The first kappa shape index (κ1) is 18.2. The number of hydrogen-bond donors (Lipinski definition) is 3. The lowest BCUT2D eigenvalue weighted by molar-refractivity contribution is 0.0954. The average molecular weight is 349 g/mol. The lowest BCUT2D eigenvalue weighted by Crippen LogP contribution is -2.37. The van der Waals surface area contributed by atoms with Crippen molar-refractivity contribution < 1.29 is 23.1 Å². The molecular formula is C17H17F2N3O3. The fourth-order valence-corrected chi connectivity index (χ4v) is 1.97. The Balaban J connectivity index is 1.75. The van der Waals surface area contributed by atoms with E-state index in [1.165, 1.54) is 13.2 Å². The third-order valence-corrected chi connectivity index (χ3v) is 3.25. The van der Waals surface area contributed by atoms with Gasteiger partial charge in [-0.2, -0.15) is 0 Å². The number of methoxy groups -OCH3 is 1. The molecule has 2 aromatic rings. The van der Waals surface area contributed by atoms with Crippen molar-refractivity contribution in [2.45, 2.75) is 0 Å². The summed E-state index contributed by atoms with van der Waals surface area (Å²) in [5.41, 5.74) is -0.0825. The van der Waals surface area contributed by atoms with E-state index in [0.29, 0.717) is 11.3 Å². The number of urea groups is 1. The third kappa shape index (κ3) is 5.17. The minimum absolute atomic E-state index is 0.0871. The highest BCUT2D eigenvalue weighted by molar-refractivity contribution is 5.94. The maximum atomic E-state index is 13.4. The highest BCUT2D eigenvalue weighted by Gasteiger charge is 2.11. The second-order valence-electron chi connectivity index (χ2n) is 4.96. The van der Waals surface area contributed by atoms with Crippen molar-refractivity contribution in [1.82, 2.24) is 10.6 Å². The van der Waals surface area contributed by atoms with Crippen molar-refractivity contribution >= 4 is 17.6 Å². The highest BCUT2D eigenvalue weighted by atomic mass is 19.1. The molecule has 25 heavy (non-hydrogen) atoms. The molecule has 0 heterocycles. The maximum Gasteiger partial charge on any atom is 0.319 e. The Morgan fingerprint density at radius 3 is 2.16 bits per heavy atom. The number of anilines is 1. The molecule has 0 aliphatic heterocycles. The summed E-state index contributed by atoms with van der Waals surface area (Å²) < 4.78 is 31.8. The first-order chi connectivity index (χ1) is 12.0. The molecule has 0 radical (unpaired) electrons. The van der Waals surface area contributed by atoms with Crippen LogP contribution in [0.3, 0.4) is 0 Å². The Labute approximate surface area is 143 Å². The molecule has 0 aromatic heterocycles. The summed E-state index contributed by atoms with van der Waals surface area (Å²) in [6, 6.07) is 9.02. The molecule has 0 saturated carbocycles. The molecule has 0 saturated heterocycles. The Kier molecular flexibility index (Phi) is 6.27. The zero-order valence-corrected chi connectivity index (χ0v) is 13.4. The van der Waals surface area contributed by atoms with Crippen molar-refractivity contribution in [3.05, 3.63) is 59.7 Å². The lowest BCUT2D eigenvalue weighted by Gasteiger charge is -2.10. The molecule has 0 atom stereocenters. The van der Waals surface area contributed by atoms with Gasteiger partial charge in [-0.15, -0.1) is 0 Å². The van der Waals surface area contributed by atoms with E-state index in [4.69, 9.17) is 4.74 Å². The summed E-state index contributed by atoms with van der Waals surface area (Å²) in [7, 11) is 1.53. The normalized spacial score (nSPS) is 10.0. The molecule has 3 amide bonds. The predicted molar refractivity (Wildman–Crippen MR) is 88.7 cm³/mol. The van der Waals surface area contributed by atoms with Gasteiger partial charge < -0.3 is 20.7 Å². The van der Waals surface area contributed by atoms with Gasteiger partial charge in [0.1, 0.15) is 23.1 Å². The van der Waals surface area contributed by atoms with Gasteiger partial charge >= 0.3 is 6.03 Å². The summed E-state index contributed by atoms with van der Waals surface area (Å²) in [6.07, 6.45) is 0. The van der Waals surface area contributed by atoms with Crippen LogP contribution in [0.25, 0.3) is 0 Å². The zero-order valence-electron chi connectivity index (χ0n) is 13.4. The lowest BCUT2D eigenvalue weighted by atomic mass is 10.2. The van der Waals surface area contributed by atoms with Gasteiger partial charge in [0.2, 0.25) is 0 Å². The van der Waals surface area contributed by atoms with Crippen LogP contribution in [-0.2, 0) is 0 Å². The predicted octanol–water partition coefficient (Wildman–Crippen LogP) is 2.52. The molecule has 2 aromatic carbocycles. The molecule has 0 fully saturated rings. The van der Waals surface area contributed by atoms with E-state index in [1.54, 1.807) is 24.3 Å². The molecule has 0 spiro atoms. The summed E-state index contributed by atoms with van der Waals surface area (Å²) in [5, 5.41) is 7.08. The number of nitrogens with one attached hydrogen (secondary N) is 3. The third-order valence-electron chi connectivity index (χ3n) is 3.25. The monoisotopic (exact) mass is 349 g/mol. The number of halogens is 2. The number of rotatable bonds is 6. The van der Waals surface area contributed by atoms with E-state index in [0.717, 1.165) is 12.1 Å². The van der Waals surface area contributed by atoms with Crippen LogP contribution >= 0.6 is 0 Å². The second-order valence-corrected chi connectivity index (χ2v) is 4.96. The first-order valence-corrected chi connectivity index (χ1v) is 7.42. The number of amides is 3. The van der Waals surface area contributed by atoms with Gasteiger partial charge in [0, 0.05) is 18.7 Å². The summed E-state index contributed by atoms with van der Waals surface area (Å²) >= 11 is 0. The minimum Gasteiger partial charge on any atom is -0.497 e. The minimum atomic E-state index is -0.872. The fourth-order valence-electron chi connectivity index (χ4n) is 1.97. The van der Waals surface area contributed by atoms with Gasteiger partial charge in [-0.3, -0.25) is 4.79 Å². The Morgan fingerprint density at radius 1 is 0.960 bits per heavy atom. The quantitative estimate of drug-likeness (QED) is 0.701. The van der Waals surface area contributed by atoms with Crippen LogP contribution < -0.4 is 20.7 Å². The number of carbonyl (C=O) groups is 2. The molecule has 2 rings (SSSR count). The average Bonchev–Trinajstić information content (AvgIpc) is 2.62. The standard InChI is InChI=1S/C17H17F2N3O3/c1-25-12-7-5-11(6-8-12)16(23)20-9-10-21-17(24)22-15-13(18)3-2-4-14(15)19/h2-8H,9-10H2,1H3,(H,20,23)(H2,21,22,24). The van der Waals surface area contributed by atoms with Crippen LogP contribution in [-0.4, -0.2) is 32.1 Å². The number of ether oxygens (including phenoxy) is 1. The Bertz CT molecular complexity index is 731. The molecule has 0 aliphatic carbocycles. The smallest absolute Gasteiger partial charge is 0.319 e. The van der Waals surface area contributed by atoms with Crippen molar-refractivity contribution in [2.75, 3.05) is 25.5 Å². The van der Waals surface area contributed by atoms with Crippen LogP contribution in [0.4, 0.5) is 19.3 Å². The SMILES string of the molecule is COc1ccc(C(=O)NCCNC(=O)Nc2c(F)cccc2F)cc1. The van der Waals surface area contributed by atoms with Gasteiger partial charge in [0.15, 0.2) is 0 Å². The number of hydrogen-bond acceptors (Lipinski definition) is 3.